The van der Waals surface area contributed by atoms with Crippen LogP contribution >= 0.6 is 0 Å². The van der Waals surface area contributed by atoms with Crippen molar-refractivity contribution < 1.29 is 18.3 Å². The minimum Gasteiger partial charge on any atom is -0.481 e. The molecule has 18 heavy (non-hydrogen) atoms. The molecule has 0 amide bonds. The highest BCUT2D eigenvalue weighted by Crippen LogP contribution is 2.06. The van der Waals surface area contributed by atoms with Crippen molar-refractivity contribution in [2.75, 3.05) is 18.8 Å². The fourth-order valence-electron chi connectivity index (χ4n) is 1.54. The Labute approximate surface area is 110 Å². The lowest BCUT2D eigenvalue weighted by Gasteiger charge is -2.26. The van der Waals surface area contributed by atoms with Crippen LogP contribution in [0.25, 0.3) is 0 Å². The summed E-state index contributed by atoms with van der Waals surface area (Å²) in [5.41, 5.74) is 0. The molecule has 0 aromatic heterocycles. The highest BCUT2D eigenvalue weighted by Gasteiger charge is 2.19. The first-order chi connectivity index (χ1) is 8.16. The Morgan fingerprint density at radius 3 is 2.11 bits per heavy atom. The number of carboxylic acids is 1. The summed E-state index contributed by atoms with van der Waals surface area (Å²) < 4.78 is 23.4. The lowest BCUT2D eigenvalue weighted by molar-refractivity contribution is -0.137. The molecule has 0 saturated carbocycles. The summed E-state index contributed by atoms with van der Waals surface area (Å²) in [6.45, 7) is 8.43. The van der Waals surface area contributed by atoms with Gasteiger partial charge in [0.1, 0.15) is 0 Å². The van der Waals surface area contributed by atoms with E-state index in [9.17, 15) is 13.2 Å². The minimum atomic E-state index is -3.03. The van der Waals surface area contributed by atoms with E-state index in [1.165, 1.54) is 0 Å². The Kier molecular flexibility index (Phi) is 7.47. The van der Waals surface area contributed by atoms with Gasteiger partial charge in [-0.2, -0.15) is 0 Å². The Bertz CT molecular complexity index is 349. The maximum Gasteiger partial charge on any atom is 0.303 e. The lowest BCUT2D eigenvalue weighted by Crippen LogP contribution is -2.37. The maximum atomic E-state index is 11.7. The van der Waals surface area contributed by atoms with E-state index in [-0.39, 0.29) is 23.5 Å². The fourth-order valence-corrected chi connectivity index (χ4v) is 2.50. The zero-order valence-corrected chi connectivity index (χ0v) is 12.5. The average Bonchev–Trinajstić information content (AvgIpc) is 2.21. The van der Waals surface area contributed by atoms with Crippen LogP contribution in [0.15, 0.2) is 0 Å². The number of carbonyl (C=O) groups is 1. The van der Waals surface area contributed by atoms with Gasteiger partial charge in [-0.05, 0) is 40.7 Å². The predicted octanol–water partition coefficient (Wildman–Crippen LogP) is 1.38. The molecule has 1 N–H and O–H groups in total. The van der Waals surface area contributed by atoms with E-state index >= 15 is 0 Å². The van der Waals surface area contributed by atoms with Crippen LogP contribution in [0.4, 0.5) is 0 Å². The van der Waals surface area contributed by atoms with Crippen molar-refractivity contribution >= 4 is 15.8 Å². The predicted molar refractivity (Wildman–Crippen MR) is 72.5 cm³/mol. The zero-order chi connectivity index (χ0) is 14.3. The highest BCUT2D eigenvalue weighted by atomic mass is 32.2. The molecule has 0 rings (SSSR count). The first kappa shape index (κ1) is 17.4. The fraction of sp³-hybridized carbons (Fsp3) is 0.917. The summed E-state index contributed by atoms with van der Waals surface area (Å²) in [5.74, 6) is -0.677. The molecule has 0 fully saturated rings. The molecule has 0 aliphatic rings. The number of hydrogen-bond donors (Lipinski definition) is 1. The van der Waals surface area contributed by atoms with Crippen molar-refractivity contribution in [1.29, 1.82) is 0 Å². The van der Waals surface area contributed by atoms with Crippen molar-refractivity contribution in [1.82, 2.24) is 4.90 Å². The van der Waals surface area contributed by atoms with Gasteiger partial charge in [0.05, 0.1) is 11.0 Å². The first-order valence-electron chi connectivity index (χ1n) is 6.34. The minimum absolute atomic E-state index is 0.125. The molecule has 0 radical (unpaired) electrons. The summed E-state index contributed by atoms with van der Waals surface area (Å²) in [6.07, 6.45) is 0.676. The van der Waals surface area contributed by atoms with Crippen LogP contribution in [0, 0.1) is 0 Å². The largest absolute Gasteiger partial charge is 0.481 e. The molecule has 0 saturated heterocycles. The molecule has 108 valence electrons. The van der Waals surface area contributed by atoms with E-state index in [0.717, 1.165) is 0 Å². The van der Waals surface area contributed by atoms with Gasteiger partial charge in [0, 0.05) is 19.0 Å². The maximum absolute atomic E-state index is 11.7. The van der Waals surface area contributed by atoms with Gasteiger partial charge in [-0.15, -0.1) is 0 Å². The Hall–Kier alpha value is -0.620. The monoisotopic (exact) mass is 279 g/mol. The van der Waals surface area contributed by atoms with Crippen molar-refractivity contribution in [3.05, 3.63) is 0 Å². The number of carboxylic acid groups (broad SMARTS) is 1. The SMILES string of the molecule is CC(C)N(CCCC(=O)O)CCS(=O)(=O)C(C)C. The molecular weight excluding hydrogens is 254 g/mol. The van der Waals surface area contributed by atoms with Gasteiger partial charge in [0.2, 0.25) is 0 Å². The van der Waals surface area contributed by atoms with Crippen molar-refractivity contribution in [2.24, 2.45) is 0 Å². The molecule has 0 atom stereocenters. The Morgan fingerprint density at radius 1 is 1.17 bits per heavy atom. The number of hydrogen-bond acceptors (Lipinski definition) is 4. The van der Waals surface area contributed by atoms with Crippen molar-refractivity contribution in [2.45, 2.75) is 51.8 Å². The topological polar surface area (TPSA) is 74.7 Å². The van der Waals surface area contributed by atoms with E-state index in [2.05, 4.69) is 0 Å². The molecule has 0 aliphatic heterocycles. The lowest BCUT2D eigenvalue weighted by atomic mass is 10.2. The third kappa shape index (κ3) is 6.96. The number of rotatable bonds is 9. The smallest absolute Gasteiger partial charge is 0.303 e. The molecule has 0 aliphatic carbocycles. The third-order valence-electron chi connectivity index (χ3n) is 2.95. The van der Waals surface area contributed by atoms with Gasteiger partial charge < -0.3 is 5.11 Å². The number of sulfone groups is 1. The molecule has 0 spiro atoms. The molecule has 0 aromatic carbocycles. The van der Waals surface area contributed by atoms with Crippen molar-refractivity contribution in [3.63, 3.8) is 0 Å². The van der Waals surface area contributed by atoms with E-state index in [4.69, 9.17) is 5.11 Å². The zero-order valence-electron chi connectivity index (χ0n) is 11.7. The van der Waals surface area contributed by atoms with Gasteiger partial charge in [-0.25, -0.2) is 8.42 Å². The Balaban J connectivity index is 4.25. The standard InChI is InChI=1S/C12H25NO4S/c1-10(2)13(7-5-6-12(14)15)8-9-18(16,17)11(3)4/h10-11H,5-9H2,1-4H3,(H,14,15). The van der Waals surface area contributed by atoms with Crippen LogP contribution in [-0.2, 0) is 14.6 Å². The summed E-state index contributed by atoms with van der Waals surface area (Å²) in [6, 6.07) is 0.223. The van der Waals surface area contributed by atoms with Gasteiger partial charge in [-0.3, -0.25) is 9.69 Å². The van der Waals surface area contributed by atoms with Crippen molar-refractivity contribution in [3.8, 4) is 0 Å². The summed E-state index contributed by atoms with van der Waals surface area (Å²) in [5, 5.41) is 8.23. The quantitative estimate of drug-likeness (QED) is 0.690. The summed E-state index contributed by atoms with van der Waals surface area (Å²) in [7, 11) is -3.03. The Morgan fingerprint density at radius 2 is 1.72 bits per heavy atom. The highest BCUT2D eigenvalue weighted by molar-refractivity contribution is 7.92. The van der Waals surface area contributed by atoms with E-state index in [0.29, 0.717) is 19.5 Å². The number of nitrogens with zero attached hydrogens (tertiary/aromatic N) is 1. The summed E-state index contributed by atoms with van der Waals surface area (Å²) in [4.78, 5) is 12.5. The molecular formula is C12H25NO4S. The van der Waals surface area contributed by atoms with Gasteiger partial charge >= 0.3 is 5.97 Å². The average molecular weight is 279 g/mol. The van der Waals surface area contributed by atoms with Crippen LogP contribution in [0.5, 0.6) is 0 Å². The summed E-state index contributed by atoms with van der Waals surface area (Å²) >= 11 is 0. The molecule has 6 heteroatoms. The normalized spacial score (nSPS) is 12.6. The van der Waals surface area contributed by atoms with Gasteiger partial charge in [-0.1, -0.05) is 0 Å². The first-order valence-corrected chi connectivity index (χ1v) is 8.05. The van der Waals surface area contributed by atoms with Gasteiger partial charge in [0.15, 0.2) is 9.84 Å². The van der Waals surface area contributed by atoms with Crippen LogP contribution in [0.2, 0.25) is 0 Å². The second-order valence-corrected chi connectivity index (χ2v) is 7.72. The molecule has 0 aromatic rings. The third-order valence-corrected chi connectivity index (χ3v) is 5.14. The van der Waals surface area contributed by atoms with Crippen LogP contribution in [-0.4, -0.2) is 54.5 Å². The van der Waals surface area contributed by atoms with Gasteiger partial charge in [0.25, 0.3) is 0 Å². The van der Waals surface area contributed by atoms with Crippen LogP contribution in [0.1, 0.15) is 40.5 Å². The second-order valence-electron chi connectivity index (χ2n) is 5.04. The molecule has 0 unspecified atom stereocenters. The molecule has 0 bridgehead atoms. The van der Waals surface area contributed by atoms with Crippen LogP contribution in [0.3, 0.4) is 0 Å². The van der Waals surface area contributed by atoms with E-state index < -0.39 is 15.8 Å². The van der Waals surface area contributed by atoms with Crippen LogP contribution < -0.4 is 0 Å². The molecule has 5 nitrogen and oxygen atoms in total. The molecule has 0 heterocycles. The van der Waals surface area contributed by atoms with E-state index in [1.807, 2.05) is 18.7 Å². The van der Waals surface area contributed by atoms with E-state index in [1.54, 1.807) is 13.8 Å². The second kappa shape index (κ2) is 7.74. The number of aliphatic carboxylic acids is 1.